The van der Waals surface area contributed by atoms with Crippen molar-refractivity contribution in [3.8, 4) is 17.3 Å². The third-order valence-corrected chi connectivity index (χ3v) is 6.18. The van der Waals surface area contributed by atoms with Gasteiger partial charge in [0.15, 0.2) is 6.10 Å². The van der Waals surface area contributed by atoms with Gasteiger partial charge in [0.05, 0.1) is 16.8 Å². The van der Waals surface area contributed by atoms with Crippen LogP contribution < -0.4 is 5.32 Å². The maximum Gasteiger partial charge on any atom is 0.425 e. The molecule has 1 amide bonds. The summed E-state index contributed by atoms with van der Waals surface area (Å²) in [7, 11) is 0. The fourth-order valence-electron chi connectivity index (χ4n) is 4.07. The first kappa shape index (κ1) is 25.5. The van der Waals surface area contributed by atoms with Gasteiger partial charge in [-0.1, -0.05) is 24.3 Å². The van der Waals surface area contributed by atoms with Crippen molar-refractivity contribution in [2.75, 3.05) is 5.32 Å². The Kier molecular flexibility index (Phi) is 7.20. The SMILES string of the molecule is C[C@@H](OC(=O)Nc1ccc(-c2c(C#N)c3ccc(CCC(F)F)cc3n2CC2CC2)cc1)C(F)(F)F. The molecule has 0 saturated heterocycles. The number of ether oxygens (including phenoxy) is 1. The van der Waals surface area contributed by atoms with Gasteiger partial charge in [0.1, 0.15) is 6.07 Å². The summed E-state index contributed by atoms with van der Waals surface area (Å²) in [5, 5.41) is 13.0. The number of aromatic nitrogens is 1. The Labute approximate surface area is 204 Å². The predicted molar refractivity (Wildman–Crippen MR) is 125 cm³/mol. The highest BCUT2D eigenvalue weighted by atomic mass is 19.4. The van der Waals surface area contributed by atoms with Crippen molar-refractivity contribution in [3.05, 3.63) is 53.6 Å². The highest BCUT2D eigenvalue weighted by Crippen LogP contribution is 2.39. The highest BCUT2D eigenvalue weighted by molar-refractivity contribution is 5.95. The van der Waals surface area contributed by atoms with Gasteiger partial charge in [-0.3, -0.25) is 5.32 Å². The number of carbonyl (C=O) groups is 1. The molecule has 10 heteroatoms. The van der Waals surface area contributed by atoms with Crippen molar-refractivity contribution in [1.29, 1.82) is 5.26 Å². The summed E-state index contributed by atoms with van der Waals surface area (Å²) in [6.45, 7) is 1.41. The summed E-state index contributed by atoms with van der Waals surface area (Å²) < 4.78 is 69.7. The minimum absolute atomic E-state index is 0.225. The molecule has 0 bridgehead atoms. The topological polar surface area (TPSA) is 67.0 Å². The van der Waals surface area contributed by atoms with E-state index in [0.29, 0.717) is 29.3 Å². The summed E-state index contributed by atoms with van der Waals surface area (Å²) in [6.07, 6.45) is -8.44. The quantitative estimate of drug-likeness (QED) is 0.327. The zero-order valence-corrected chi connectivity index (χ0v) is 19.4. The third kappa shape index (κ3) is 5.78. The number of nitriles is 1. The van der Waals surface area contributed by atoms with E-state index < -0.39 is 24.8 Å². The lowest BCUT2D eigenvalue weighted by Crippen LogP contribution is -2.32. The molecule has 1 aliphatic rings. The van der Waals surface area contributed by atoms with E-state index in [4.69, 9.17) is 0 Å². The third-order valence-electron chi connectivity index (χ3n) is 6.18. The largest absolute Gasteiger partial charge is 0.437 e. The first-order valence-corrected chi connectivity index (χ1v) is 11.5. The van der Waals surface area contributed by atoms with Crippen LogP contribution in [0.25, 0.3) is 22.2 Å². The molecule has 0 spiro atoms. The average Bonchev–Trinajstić information content (AvgIpc) is 3.59. The lowest BCUT2D eigenvalue weighted by Gasteiger charge is -2.16. The molecule has 0 unspecified atom stereocenters. The van der Waals surface area contributed by atoms with Gasteiger partial charge in [-0.15, -0.1) is 0 Å². The van der Waals surface area contributed by atoms with Gasteiger partial charge in [-0.05, 0) is 61.4 Å². The fourth-order valence-corrected chi connectivity index (χ4v) is 4.07. The number of aryl methyl sites for hydroxylation is 1. The number of fused-ring (bicyclic) bond motifs is 1. The zero-order valence-electron chi connectivity index (χ0n) is 19.4. The standard InChI is InChI=1S/C26H24F5N3O2/c1-15(26(29,30)31)36-25(35)33-19-8-6-18(7-9-19)24-21(13-32)20-10-4-16(5-11-23(27)28)12-22(20)34(24)14-17-2-3-17/h4,6-10,12,15,17,23H,2-3,5,11,14H2,1H3,(H,33,35)/t15-/m1/s1. The van der Waals surface area contributed by atoms with Crippen molar-refractivity contribution < 1.29 is 31.5 Å². The van der Waals surface area contributed by atoms with Gasteiger partial charge < -0.3 is 9.30 Å². The van der Waals surface area contributed by atoms with Gasteiger partial charge >= 0.3 is 12.3 Å². The maximum absolute atomic E-state index is 12.7. The van der Waals surface area contributed by atoms with Gasteiger partial charge in [0.2, 0.25) is 6.43 Å². The van der Waals surface area contributed by atoms with Gasteiger partial charge in [0, 0.05) is 24.0 Å². The minimum atomic E-state index is -4.66. The van der Waals surface area contributed by atoms with Crippen molar-refractivity contribution in [2.24, 2.45) is 5.92 Å². The minimum Gasteiger partial charge on any atom is -0.437 e. The number of halogens is 5. The van der Waals surface area contributed by atoms with Crippen molar-refractivity contribution >= 4 is 22.7 Å². The average molecular weight is 505 g/mol. The number of hydrogen-bond donors (Lipinski definition) is 1. The number of rotatable bonds is 8. The predicted octanol–water partition coefficient (Wildman–Crippen LogP) is 7.29. The van der Waals surface area contributed by atoms with E-state index in [9.17, 15) is 32.0 Å². The summed E-state index contributed by atoms with van der Waals surface area (Å²) >= 11 is 0. The molecular weight excluding hydrogens is 481 g/mol. The molecule has 1 aromatic heterocycles. The van der Waals surface area contributed by atoms with E-state index in [1.165, 1.54) is 12.1 Å². The molecule has 0 radical (unpaired) electrons. The van der Waals surface area contributed by atoms with Crippen molar-refractivity contribution in [3.63, 3.8) is 0 Å². The second-order valence-electron chi connectivity index (χ2n) is 8.96. The highest BCUT2D eigenvalue weighted by Gasteiger charge is 2.39. The Morgan fingerprint density at radius 1 is 1.19 bits per heavy atom. The van der Waals surface area contributed by atoms with Gasteiger partial charge in [-0.2, -0.15) is 18.4 Å². The molecule has 190 valence electrons. The molecule has 4 rings (SSSR count). The number of nitrogens with one attached hydrogen (secondary N) is 1. The van der Waals surface area contributed by atoms with Crippen LogP contribution in [0.15, 0.2) is 42.5 Å². The van der Waals surface area contributed by atoms with E-state index in [1.54, 1.807) is 24.3 Å². The lowest BCUT2D eigenvalue weighted by molar-refractivity contribution is -0.196. The number of nitrogens with zero attached hydrogens (tertiary/aromatic N) is 2. The smallest absolute Gasteiger partial charge is 0.425 e. The normalized spacial score (nSPS) is 14.6. The van der Waals surface area contributed by atoms with Crippen molar-refractivity contribution in [1.82, 2.24) is 4.57 Å². The molecule has 36 heavy (non-hydrogen) atoms. The van der Waals surface area contributed by atoms with Crippen LogP contribution >= 0.6 is 0 Å². The molecular formula is C26H24F5N3O2. The molecule has 1 atom stereocenters. The monoisotopic (exact) mass is 505 g/mol. The molecule has 1 heterocycles. The molecule has 1 fully saturated rings. The van der Waals surface area contributed by atoms with E-state index in [1.807, 2.05) is 10.6 Å². The van der Waals surface area contributed by atoms with Crippen LogP contribution in [-0.2, 0) is 17.7 Å². The number of alkyl halides is 5. The molecule has 2 aromatic carbocycles. The van der Waals surface area contributed by atoms with E-state index in [2.05, 4.69) is 16.1 Å². The first-order chi connectivity index (χ1) is 17.1. The molecule has 1 aliphatic carbocycles. The van der Waals surface area contributed by atoms with E-state index in [-0.39, 0.29) is 18.5 Å². The maximum atomic E-state index is 12.7. The van der Waals surface area contributed by atoms with Crippen LogP contribution in [0.5, 0.6) is 0 Å². The second-order valence-corrected chi connectivity index (χ2v) is 8.96. The second kappa shape index (κ2) is 10.2. The summed E-state index contributed by atoms with van der Waals surface area (Å²) in [5.41, 5.74) is 3.60. The van der Waals surface area contributed by atoms with Crippen LogP contribution in [0, 0.1) is 17.2 Å². The number of amides is 1. The van der Waals surface area contributed by atoms with Crippen molar-refractivity contribution in [2.45, 2.75) is 57.9 Å². The van der Waals surface area contributed by atoms with Gasteiger partial charge in [-0.25, -0.2) is 13.6 Å². The van der Waals surface area contributed by atoms with Crippen LogP contribution in [0.1, 0.15) is 37.3 Å². The molecule has 3 aromatic rings. The van der Waals surface area contributed by atoms with E-state index >= 15 is 0 Å². The number of hydrogen-bond acceptors (Lipinski definition) is 3. The first-order valence-electron chi connectivity index (χ1n) is 11.5. The summed E-state index contributed by atoms with van der Waals surface area (Å²) in [4.78, 5) is 11.8. The van der Waals surface area contributed by atoms with Crippen LogP contribution in [0.4, 0.5) is 32.4 Å². The molecule has 5 nitrogen and oxygen atoms in total. The fraction of sp³-hybridized carbons (Fsp3) is 0.385. The number of carbonyl (C=O) groups excluding carboxylic acids is 1. The Hall–Kier alpha value is -3.61. The Balaban J connectivity index is 1.65. The summed E-state index contributed by atoms with van der Waals surface area (Å²) in [6, 6.07) is 14.0. The molecule has 0 aliphatic heterocycles. The number of benzene rings is 2. The van der Waals surface area contributed by atoms with Crippen LogP contribution in [0.3, 0.4) is 0 Å². The zero-order chi connectivity index (χ0) is 26.0. The Bertz CT molecular complexity index is 1290. The molecule has 1 N–H and O–H groups in total. The summed E-state index contributed by atoms with van der Waals surface area (Å²) in [5.74, 6) is 0.460. The van der Waals surface area contributed by atoms with Gasteiger partial charge in [0.25, 0.3) is 0 Å². The Morgan fingerprint density at radius 3 is 2.47 bits per heavy atom. The Morgan fingerprint density at radius 2 is 1.89 bits per heavy atom. The number of anilines is 1. The lowest BCUT2D eigenvalue weighted by atomic mass is 10.0. The van der Waals surface area contributed by atoms with Crippen LogP contribution in [-0.4, -0.2) is 29.4 Å². The van der Waals surface area contributed by atoms with Crippen LogP contribution in [0.2, 0.25) is 0 Å². The molecule has 1 saturated carbocycles. The van der Waals surface area contributed by atoms with E-state index in [0.717, 1.165) is 36.2 Å².